The highest BCUT2D eigenvalue weighted by atomic mass is 16.5. The van der Waals surface area contributed by atoms with E-state index in [1.165, 1.54) is 6.42 Å². The molecule has 0 heterocycles. The van der Waals surface area contributed by atoms with Crippen molar-refractivity contribution in [2.24, 2.45) is 10.8 Å². The van der Waals surface area contributed by atoms with Crippen molar-refractivity contribution in [3.05, 3.63) is 12.3 Å². The highest BCUT2D eigenvalue weighted by Gasteiger charge is 2.24. The van der Waals surface area contributed by atoms with Crippen molar-refractivity contribution in [2.75, 3.05) is 26.7 Å². The molecule has 0 saturated carbocycles. The van der Waals surface area contributed by atoms with Crippen LogP contribution in [0, 0.1) is 10.8 Å². The SMILES string of the molecule is C=C(OCCC(C)(C)C)C(C)(C)CCN(C)CCC. The molecule has 114 valence electrons. The third kappa shape index (κ3) is 9.10. The van der Waals surface area contributed by atoms with Crippen molar-refractivity contribution in [3.8, 4) is 0 Å². The number of hydrogen-bond acceptors (Lipinski definition) is 2. The second kappa shape index (κ2) is 7.94. The van der Waals surface area contributed by atoms with E-state index in [-0.39, 0.29) is 5.41 Å². The molecule has 0 radical (unpaired) electrons. The number of nitrogens with zero attached hydrogens (tertiary/aromatic N) is 1. The minimum atomic E-state index is 0.0554. The summed E-state index contributed by atoms with van der Waals surface area (Å²) < 4.78 is 5.86. The molecule has 0 unspecified atom stereocenters. The smallest absolute Gasteiger partial charge is 0.0944 e. The van der Waals surface area contributed by atoms with Crippen molar-refractivity contribution in [1.82, 2.24) is 4.90 Å². The summed E-state index contributed by atoms with van der Waals surface area (Å²) >= 11 is 0. The minimum Gasteiger partial charge on any atom is -0.498 e. The Morgan fingerprint density at radius 2 is 1.63 bits per heavy atom. The van der Waals surface area contributed by atoms with Crippen LogP contribution in [0.15, 0.2) is 12.3 Å². The molecule has 0 aliphatic carbocycles. The van der Waals surface area contributed by atoms with Crippen LogP contribution in [0.4, 0.5) is 0 Å². The summed E-state index contributed by atoms with van der Waals surface area (Å²) in [6.45, 7) is 20.6. The molecule has 0 rings (SSSR count). The third-order valence-electron chi connectivity index (χ3n) is 3.61. The lowest BCUT2D eigenvalue weighted by atomic mass is 9.87. The third-order valence-corrected chi connectivity index (χ3v) is 3.61. The maximum atomic E-state index is 5.86. The molecule has 0 fully saturated rings. The highest BCUT2D eigenvalue weighted by molar-refractivity contribution is 4.99. The summed E-state index contributed by atoms with van der Waals surface area (Å²) in [6.07, 6.45) is 3.37. The first-order valence-corrected chi connectivity index (χ1v) is 7.59. The van der Waals surface area contributed by atoms with Crippen molar-refractivity contribution >= 4 is 0 Å². The van der Waals surface area contributed by atoms with E-state index < -0.39 is 0 Å². The van der Waals surface area contributed by atoms with Gasteiger partial charge in [-0.1, -0.05) is 48.1 Å². The molecular formula is C17H35NO. The van der Waals surface area contributed by atoms with Gasteiger partial charge in [0.05, 0.1) is 12.4 Å². The Balaban J connectivity index is 4.06. The summed E-state index contributed by atoms with van der Waals surface area (Å²) in [5.74, 6) is 0.932. The monoisotopic (exact) mass is 269 g/mol. The Morgan fingerprint density at radius 1 is 1.05 bits per heavy atom. The van der Waals surface area contributed by atoms with Crippen molar-refractivity contribution in [2.45, 2.75) is 60.8 Å². The molecule has 0 aromatic carbocycles. The Labute approximate surface area is 121 Å². The standard InChI is InChI=1S/C17H35NO/c1-9-12-18(8)13-10-17(6,7)15(2)19-14-11-16(3,4)5/h2,9-14H2,1,3-8H3. The van der Waals surface area contributed by atoms with Crippen molar-refractivity contribution in [3.63, 3.8) is 0 Å². The molecule has 0 aromatic rings. The van der Waals surface area contributed by atoms with Crippen LogP contribution >= 0.6 is 0 Å². The largest absolute Gasteiger partial charge is 0.498 e. The van der Waals surface area contributed by atoms with Crippen LogP contribution in [-0.4, -0.2) is 31.6 Å². The quantitative estimate of drug-likeness (QED) is 0.562. The number of rotatable bonds is 9. The van der Waals surface area contributed by atoms with Gasteiger partial charge in [0.25, 0.3) is 0 Å². The molecule has 19 heavy (non-hydrogen) atoms. The molecule has 0 aromatic heterocycles. The summed E-state index contributed by atoms with van der Waals surface area (Å²) in [7, 11) is 2.18. The fourth-order valence-electron chi connectivity index (χ4n) is 1.78. The second-order valence-corrected chi connectivity index (χ2v) is 7.52. The zero-order valence-electron chi connectivity index (χ0n) is 14.3. The normalized spacial score (nSPS) is 12.8. The topological polar surface area (TPSA) is 12.5 Å². The number of allylic oxidation sites excluding steroid dienone is 1. The van der Waals surface area contributed by atoms with Crippen molar-refractivity contribution in [1.29, 1.82) is 0 Å². The first-order chi connectivity index (χ1) is 8.58. The average molecular weight is 269 g/mol. The van der Waals surface area contributed by atoms with Gasteiger partial charge in [-0.05, 0) is 44.8 Å². The average Bonchev–Trinajstić information content (AvgIpc) is 2.25. The van der Waals surface area contributed by atoms with Crippen LogP contribution in [0.3, 0.4) is 0 Å². The Hall–Kier alpha value is -0.500. The molecule has 0 bridgehead atoms. The molecule has 0 N–H and O–H groups in total. The Kier molecular flexibility index (Phi) is 7.73. The van der Waals surface area contributed by atoms with Gasteiger partial charge in [0.1, 0.15) is 0 Å². The first-order valence-electron chi connectivity index (χ1n) is 7.59. The van der Waals surface area contributed by atoms with Gasteiger partial charge in [-0.3, -0.25) is 0 Å². The first kappa shape index (κ1) is 18.5. The van der Waals surface area contributed by atoms with E-state index in [4.69, 9.17) is 4.74 Å². The number of ether oxygens (including phenoxy) is 1. The fourth-order valence-corrected chi connectivity index (χ4v) is 1.78. The Bertz CT molecular complexity index is 263. The minimum absolute atomic E-state index is 0.0554. The van der Waals surface area contributed by atoms with Crippen LogP contribution in [0.5, 0.6) is 0 Å². The van der Waals surface area contributed by atoms with E-state index >= 15 is 0 Å². The molecule has 0 spiro atoms. The van der Waals surface area contributed by atoms with E-state index in [0.29, 0.717) is 5.41 Å². The van der Waals surface area contributed by atoms with Gasteiger partial charge >= 0.3 is 0 Å². The molecule has 0 aliphatic rings. The van der Waals surface area contributed by atoms with E-state index in [0.717, 1.165) is 38.3 Å². The van der Waals surface area contributed by atoms with Gasteiger partial charge in [0.2, 0.25) is 0 Å². The van der Waals surface area contributed by atoms with Gasteiger partial charge < -0.3 is 9.64 Å². The van der Waals surface area contributed by atoms with E-state index in [1.54, 1.807) is 0 Å². The van der Waals surface area contributed by atoms with E-state index in [1.807, 2.05) is 0 Å². The van der Waals surface area contributed by atoms with E-state index in [9.17, 15) is 0 Å². The lowest BCUT2D eigenvalue weighted by Gasteiger charge is -2.30. The summed E-state index contributed by atoms with van der Waals surface area (Å²) in [5, 5.41) is 0. The zero-order chi connectivity index (χ0) is 15.1. The van der Waals surface area contributed by atoms with Crippen LogP contribution in [0.1, 0.15) is 60.8 Å². The highest BCUT2D eigenvalue weighted by Crippen LogP contribution is 2.31. The number of hydrogen-bond donors (Lipinski definition) is 0. The molecule has 0 atom stereocenters. The summed E-state index contributed by atoms with van der Waals surface area (Å²) in [4.78, 5) is 2.38. The lowest BCUT2D eigenvalue weighted by Crippen LogP contribution is -2.27. The predicted octanol–water partition coefficient (Wildman–Crippen LogP) is 4.71. The van der Waals surface area contributed by atoms with Gasteiger partial charge in [-0.25, -0.2) is 0 Å². The molecule has 0 amide bonds. The Morgan fingerprint density at radius 3 is 2.11 bits per heavy atom. The fraction of sp³-hybridized carbons (Fsp3) is 0.882. The van der Waals surface area contributed by atoms with Crippen LogP contribution in [0.25, 0.3) is 0 Å². The molecule has 0 saturated heterocycles. The second-order valence-electron chi connectivity index (χ2n) is 7.52. The van der Waals surface area contributed by atoms with Crippen LogP contribution in [-0.2, 0) is 4.74 Å². The summed E-state index contributed by atoms with van der Waals surface area (Å²) in [6, 6.07) is 0. The lowest BCUT2D eigenvalue weighted by molar-refractivity contribution is 0.111. The van der Waals surface area contributed by atoms with Gasteiger partial charge in [-0.15, -0.1) is 0 Å². The molecule has 2 heteroatoms. The maximum absolute atomic E-state index is 5.86. The van der Waals surface area contributed by atoms with Gasteiger partial charge in [-0.2, -0.15) is 0 Å². The summed E-state index contributed by atoms with van der Waals surface area (Å²) in [5.41, 5.74) is 0.381. The predicted molar refractivity (Wildman–Crippen MR) is 85.4 cm³/mol. The van der Waals surface area contributed by atoms with Gasteiger partial charge in [0, 0.05) is 5.41 Å². The zero-order valence-corrected chi connectivity index (χ0v) is 14.3. The van der Waals surface area contributed by atoms with Crippen molar-refractivity contribution < 1.29 is 4.74 Å². The maximum Gasteiger partial charge on any atom is 0.0944 e. The molecule has 2 nitrogen and oxygen atoms in total. The van der Waals surface area contributed by atoms with E-state index in [2.05, 4.69) is 60.1 Å². The molecular weight excluding hydrogens is 234 g/mol. The van der Waals surface area contributed by atoms with Crippen LogP contribution < -0.4 is 0 Å². The van der Waals surface area contributed by atoms with Gasteiger partial charge in [0.15, 0.2) is 0 Å². The molecule has 0 aliphatic heterocycles. The van der Waals surface area contributed by atoms with Crippen LogP contribution in [0.2, 0.25) is 0 Å².